The average molecular weight is 295 g/mol. The SMILES string of the molecule is CCOC(=O)C1C(=O)C(Br)=Cc2ccccc21. The number of fused-ring (bicyclic) bond motifs is 1. The number of esters is 1. The number of rotatable bonds is 2. The van der Waals surface area contributed by atoms with Gasteiger partial charge >= 0.3 is 5.97 Å². The van der Waals surface area contributed by atoms with Gasteiger partial charge in [-0.25, -0.2) is 0 Å². The van der Waals surface area contributed by atoms with Crippen LogP contribution in [0.4, 0.5) is 0 Å². The van der Waals surface area contributed by atoms with Crippen LogP contribution < -0.4 is 0 Å². The molecule has 0 amide bonds. The van der Waals surface area contributed by atoms with Crippen LogP contribution in [0.25, 0.3) is 6.08 Å². The fraction of sp³-hybridized carbons (Fsp3) is 0.231. The first-order valence-corrected chi connectivity index (χ1v) is 6.11. The van der Waals surface area contributed by atoms with E-state index in [0.717, 1.165) is 5.56 Å². The van der Waals surface area contributed by atoms with Gasteiger partial charge in [0.15, 0.2) is 5.78 Å². The van der Waals surface area contributed by atoms with Crippen molar-refractivity contribution in [1.82, 2.24) is 0 Å². The van der Waals surface area contributed by atoms with Crippen molar-refractivity contribution in [3.8, 4) is 0 Å². The molecule has 88 valence electrons. The smallest absolute Gasteiger partial charge is 0.321 e. The van der Waals surface area contributed by atoms with Gasteiger partial charge in [-0.15, -0.1) is 0 Å². The molecular weight excluding hydrogens is 284 g/mol. The highest BCUT2D eigenvalue weighted by Gasteiger charge is 2.35. The Labute approximate surface area is 108 Å². The van der Waals surface area contributed by atoms with Crippen molar-refractivity contribution in [3.05, 3.63) is 39.9 Å². The van der Waals surface area contributed by atoms with Gasteiger partial charge in [0.25, 0.3) is 0 Å². The third-order valence-electron chi connectivity index (χ3n) is 2.61. The largest absolute Gasteiger partial charge is 0.465 e. The molecule has 1 unspecified atom stereocenters. The Morgan fingerprint density at radius 2 is 2.12 bits per heavy atom. The number of allylic oxidation sites excluding steroid dienone is 1. The van der Waals surface area contributed by atoms with Crippen molar-refractivity contribution in [1.29, 1.82) is 0 Å². The van der Waals surface area contributed by atoms with Gasteiger partial charge in [-0.05, 0) is 40.1 Å². The molecule has 0 aliphatic heterocycles. The average Bonchev–Trinajstić information content (AvgIpc) is 2.31. The normalized spacial score (nSPS) is 18.4. The van der Waals surface area contributed by atoms with E-state index in [1.54, 1.807) is 19.1 Å². The van der Waals surface area contributed by atoms with E-state index in [1.807, 2.05) is 18.2 Å². The van der Waals surface area contributed by atoms with E-state index in [-0.39, 0.29) is 12.4 Å². The van der Waals surface area contributed by atoms with Crippen LogP contribution in [0.2, 0.25) is 0 Å². The topological polar surface area (TPSA) is 43.4 Å². The highest BCUT2D eigenvalue weighted by molar-refractivity contribution is 9.12. The van der Waals surface area contributed by atoms with Gasteiger partial charge in [-0.2, -0.15) is 0 Å². The Balaban J connectivity index is 2.48. The second-order valence-electron chi connectivity index (χ2n) is 3.67. The Bertz CT molecular complexity index is 505. The maximum absolute atomic E-state index is 12.0. The molecule has 3 nitrogen and oxygen atoms in total. The van der Waals surface area contributed by atoms with Gasteiger partial charge in [0.1, 0.15) is 5.92 Å². The number of ketones is 1. The van der Waals surface area contributed by atoms with E-state index >= 15 is 0 Å². The lowest BCUT2D eigenvalue weighted by Crippen LogP contribution is -2.27. The Morgan fingerprint density at radius 3 is 2.82 bits per heavy atom. The number of hydrogen-bond donors (Lipinski definition) is 0. The number of Topliss-reactive ketones (excluding diaryl/α,β-unsaturated/α-hetero) is 1. The highest BCUT2D eigenvalue weighted by atomic mass is 79.9. The van der Waals surface area contributed by atoms with Gasteiger partial charge in [-0.3, -0.25) is 9.59 Å². The van der Waals surface area contributed by atoms with Crippen LogP contribution in [0.15, 0.2) is 28.7 Å². The Kier molecular flexibility index (Phi) is 3.43. The molecule has 0 saturated carbocycles. The summed E-state index contributed by atoms with van der Waals surface area (Å²) in [5.74, 6) is -1.58. The van der Waals surface area contributed by atoms with Crippen LogP contribution in [0.3, 0.4) is 0 Å². The van der Waals surface area contributed by atoms with Gasteiger partial charge in [-0.1, -0.05) is 24.3 Å². The van der Waals surface area contributed by atoms with E-state index in [4.69, 9.17) is 4.74 Å². The van der Waals surface area contributed by atoms with Crippen LogP contribution in [0.1, 0.15) is 24.0 Å². The molecule has 0 spiro atoms. The van der Waals surface area contributed by atoms with Crippen molar-refractivity contribution >= 4 is 33.8 Å². The predicted octanol–water partition coefficient (Wildman–Crippen LogP) is 2.65. The molecule has 2 rings (SSSR count). The van der Waals surface area contributed by atoms with Crippen molar-refractivity contribution < 1.29 is 14.3 Å². The molecule has 1 atom stereocenters. The lowest BCUT2D eigenvalue weighted by Gasteiger charge is -2.20. The molecule has 17 heavy (non-hydrogen) atoms. The van der Waals surface area contributed by atoms with Crippen LogP contribution in [-0.2, 0) is 14.3 Å². The number of carbonyl (C=O) groups is 2. The number of benzene rings is 1. The first kappa shape index (κ1) is 12.0. The van der Waals surface area contributed by atoms with Gasteiger partial charge in [0, 0.05) is 0 Å². The van der Waals surface area contributed by atoms with Crippen LogP contribution in [-0.4, -0.2) is 18.4 Å². The molecule has 1 aromatic rings. The van der Waals surface area contributed by atoms with Gasteiger partial charge < -0.3 is 4.74 Å². The first-order valence-electron chi connectivity index (χ1n) is 5.32. The van der Waals surface area contributed by atoms with Crippen molar-refractivity contribution in [2.24, 2.45) is 0 Å². The van der Waals surface area contributed by atoms with Crippen LogP contribution in [0.5, 0.6) is 0 Å². The van der Waals surface area contributed by atoms with E-state index in [2.05, 4.69) is 15.9 Å². The minimum Gasteiger partial charge on any atom is -0.465 e. The summed E-state index contributed by atoms with van der Waals surface area (Å²) in [6.07, 6.45) is 1.73. The quantitative estimate of drug-likeness (QED) is 0.622. The third-order valence-corrected chi connectivity index (χ3v) is 3.23. The number of ether oxygens (including phenoxy) is 1. The molecule has 0 aromatic heterocycles. The van der Waals surface area contributed by atoms with E-state index in [1.165, 1.54) is 0 Å². The second kappa shape index (κ2) is 4.84. The van der Waals surface area contributed by atoms with Crippen molar-refractivity contribution in [2.45, 2.75) is 12.8 Å². The molecule has 1 aliphatic rings. The predicted molar refractivity (Wildman–Crippen MR) is 67.7 cm³/mol. The fourth-order valence-corrected chi connectivity index (χ4v) is 2.33. The molecule has 0 fully saturated rings. The van der Waals surface area contributed by atoms with E-state index in [0.29, 0.717) is 10.0 Å². The Morgan fingerprint density at radius 1 is 1.41 bits per heavy atom. The molecule has 0 bridgehead atoms. The third kappa shape index (κ3) is 2.17. The minimum absolute atomic E-state index is 0.248. The molecule has 1 aromatic carbocycles. The van der Waals surface area contributed by atoms with E-state index in [9.17, 15) is 9.59 Å². The zero-order valence-electron chi connectivity index (χ0n) is 9.27. The molecule has 0 radical (unpaired) electrons. The molecule has 0 N–H and O–H groups in total. The maximum atomic E-state index is 12.0. The summed E-state index contributed by atoms with van der Waals surface area (Å²) in [7, 11) is 0. The lowest BCUT2D eigenvalue weighted by molar-refractivity contribution is -0.147. The van der Waals surface area contributed by atoms with Crippen molar-refractivity contribution in [2.75, 3.05) is 6.61 Å². The first-order chi connectivity index (χ1) is 8.15. The van der Waals surface area contributed by atoms with Gasteiger partial charge in [0.05, 0.1) is 11.1 Å². The summed E-state index contributed by atoms with van der Waals surface area (Å²) in [6.45, 7) is 1.99. The van der Waals surface area contributed by atoms with E-state index < -0.39 is 11.9 Å². The summed E-state index contributed by atoms with van der Waals surface area (Å²) in [5, 5.41) is 0. The summed E-state index contributed by atoms with van der Waals surface area (Å²) in [5.41, 5.74) is 1.58. The highest BCUT2D eigenvalue weighted by Crippen LogP contribution is 2.34. The molecule has 4 heteroatoms. The van der Waals surface area contributed by atoms with Gasteiger partial charge in [0.2, 0.25) is 0 Å². The standard InChI is InChI=1S/C13H11BrO3/c1-2-17-13(16)11-9-6-4-3-5-8(9)7-10(14)12(11)15/h3-7,11H,2H2,1H3. The lowest BCUT2D eigenvalue weighted by atomic mass is 9.86. The summed E-state index contributed by atoms with van der Waals surface area (Å²) < 4.78 is 5.36. The second-order valence-corrected chi connectivity index (χ2v) is 4.52. The van der Waals surface area contributed by atoms with Crippen molar-refractivity contribution in [3.63, 3.8) is 0 Å². The molecule has 1 aliphatic carbocycles. The summed E-state index contributed by atoms with van der Waals surface area (Å²) >= 11 is 3.19. The molecule has 0 heterocycles. The fourth-order valence-electron chi connectivity index (χ4n) is 1.85. The summed E-state index contributed by atoms with van der Waals surface area (Å²) in [6, 6.07) is 7.33. The molecule has 0 saturated heterocycles. The summed E-state index contributed by atoms with van der Waals surface area (Å²) in [4.78, 5) is 23.8. The zero-order valence-corrected chi connectivity index (χ0v) is 10.9. The monoisotopic (exact) mass is 294 g/mol. The number of hydrogen-bond acceptors (Lipinski definition) is 3. The number of halogens is 1. The zero-order chi connectivity index (χ0) is 12.4. The Hall–Kier alpha value is -1.42. The van der Waals surface area contributed by atoms with Crippen LogP contribution >= 0.6 is 15.9 Å². The molecular formula is C13H11BrO3. The minimum atomic E-state index is -0.842. The maximum Gasteiger partial charge on any atom is 0.321 e. The number of carbonyl (C=O) groups excluding carboxylic acids is 2. The van der Waals surface area contributed by atoms with Crippen LogP contribution in [0, 0.1) is 0 Å².